The highest BCUT2D eigenvalue weighted by Gasteiger charge is 2.25. The molecule has 1 aliphatic heterocycles. The molecule has 5 nitrogen and oxygen atoms in total. The lowest BCUT2D eigenvalue weighted by molar-refractivity contribution is 0.0985. The first-order valence-corrected chi connectivity index (χ1v) is 11.8. The number of carbonyl (C=O) groups is 1. The number of fused-ring (bicyclic) bond motifs is 1. The summed E-state index contributed by atoms with van der Waals surface area (Å²) in [4.78, 5) is 15.1. The predicted octanol–water partition coefficient (Wildman–Crippen LogP) is 5.01. The van der Waals surface area contributed by atoms with Crippen LogP contribution in [0.3, 0.4) is 0 Å². The van der Waals surface area contributed by atoms with Gasteiger partial charge in [-0.05, 0) is 80.6 Å². The summed E-state index contributed by atoms with van der Waals surface area (Å²) in [5.41, 5.74) is 5.44. The Morgan fingerprint density at radius 1 is 0.935 bits per heavy atom. The number of nitrogens with zero attached hydrogens (tertiary/aromatic N) is 1. The number of carbonyl (C=O) groups excluding carboxylic acids is 1. The summed E-state index contributed by atoms with van der Waals surface area (Å²) in [6, 6.07) is 18.4. The average Bonchev–Trinajstić information content (AvgIpc) is 2.72. The summed E-state index contributed by atoms with van der Waals surface area (Å²) in [6.45, 7) is 6.23. The average molecular weight is 435 g/mol. The van der Waals surface area contributed by atoms with Crippen molar-refractivity contribution in [3.8, 4) is 0 Å². The minimum absolute atomic E-state index is 0.0409. The molecule has 0 unspecified atom stereocenters. The van der Waals surface area contributed by atoms with E-state index in [9.17, 15) is 13.2 Å². The number of anilines is 2. The third-order valence-electron chi connectivity index (χ3n) is 5.59. The summed E-state index contributed by atoms with van der Waals surface area (Å²) in [5.74, 6) is -0.0409. The fraction of sp³-hybridized carbons (Fsp3) is 0.240. The molecule has 0 bridgehead atoms. The number of amides is 1. The predicted molar refractivity (Wildman–Crippen MR) is 124 cm³/mol. The van der Waals surface area contributed by atoms with Gasteiger partial charge in [0.25, 0.3) is 15.9 Å². The zero-order valence-electron chi connectivity index (χ0n) is 18.0. The Balaban J connectivity index is 1.64. The van der Waals surface area contributed by atoms with Crippen molar-refractivity contribution in [2.24, 2.45) is 0 Å². The number of aryl methyl sites for hydroxylation is 4. The minimum Gasteiger partial charge on any atom is -0.308 e. The van der Waals surface area contributed by atoms with Crippen LogP contribution < -0.4 is 9.62 Å². The van der Waals surface area contributed by atoms with Gasteiger partial charge < -0.3 is 4.90 Å². The number of sulfonamides is 1. The Hall–Kier alpha value is -3.12. The largest absolute Gasteiger partial charge is 0.308 e. The van der Waals surface area contributed by atoms with Gasteiger partial charge >= 0.3 is 0 Å². The molecule has 160 valence electrons. The summed E-state index contributed by atoms with van der Waals surface area (Å²) >= 11 is 0. The SMILES string of the molecule is Cc1cc(C)c(S(=O)(=O)Nc2ccc3c(c2)CCCN3C(=O)c2ccccc2)c(C)c1. The fourth-order valence-electron chi connectivity index (χ4n) is 4.40. The van der Waals surface area contributed by atoms with Crippen LogP contribution in [-0.4, -0.2) is 20.9 Å². The summed E-state index contributed by atoms with van der Waals surface area (Å²) < 4.78 is 28.9. The van der Waals surface area contributed by atoms with E-state index in [0.717, 1.165) is 40.8 Å². The molecule has 1 N–H and O–H groups in total. The first-order chi connectivity index (χ1) is 14.8. The molecule has 0 spiro atoms. The Morgan fingerprint density at radius 3 is 2.29 bits per heavy atom. The maximum Gasteiger partial charge on any atom is 0.262 e. The number of nitrogens with one attached hydrogen (secondary N) is 1. The van der Waals surface area contributed by atoms with Gasteiger partial charge in [0.15, 0.2) is 0 Å². The van der Waals surface area contributed by atoms with Gasteiger partial charge in [0.2, 0.25) is 0 Å². The van der Waals surface area contributed by atoms with Gasteiger partial charge in [0.05, 0.1) is 4.90 Å². The number of rotatable bonds is 4. The van der Waals surface area contributed by atoms with E-state index in [1.165, 1.54) is 0 Å². The Kier molecular flexibility index (Phi) is 5.58. The van der Waals surface area contributed by atoms with E-state index < -0.39 is 10.0 Å². The molecule has 1 heterocycles. The topological polar surface area (TPSA) is 66.5 Å². The monoisotopic (exact) mass is 434 g/mol. The van der Waals surface area contributed by atoms with Crippen LogP contribution in [0.1, 0.15) is 39.0 Å². The van der Waals surface area contributed by atoms with E-state index >= 15 is 0 Å². The van der Waals surface area contributed by atoms with Crippen LogP contribution in [0.2, 0.25) is 0 Å². The molecule has 4 rings (SSSR count). The molecule has 1 aliphatic rings. The maximum atomic E-state index is 13.1. The Bertz CT molecular complexity index is 1230. The third kappa shape index (κ3) is 4.21. The number of hydrogen-bond donors (Lipinski definition) is 1. The van der Waals surface area contributed by atoms with Crippen molar-refractivity contribution in [2.45, 2.75) is 38.5 Å². The van der Waals surface area contributed by atoms with Gasteiger partial charge in [-0.25, -0.2) is 8.42 Å². The van der Waals surface area contributed by atoms with Crippen molar-refractivity contribution in [3.05, 3.63) is 88.5 Å². The first-order valence-electron chi connectivity index (χ1n) is 10.4. The molecule has 0 saturated carbocycles. The molecular weight excluding hydrogens is 408 g/mol. The normalized spacial score (nSPS) is 13.6. The molecule has 0 aromatic heterocycles. The number of benzene rings is 3. The van der Waals surface area contributed by atoms with Gasteiger partial charge in [0.1, 0.15) is 0 Å². The van der Waals surface area contributed by atoms with E-state index in [0.29, 0.717) is 22.7 Å². The molecule has 3 aromatic carbocycles. The van der Waals surface area contributed by atoms with E-state index in [4.69, 9.17) is 0 Å². The standard InChI is InChI=1S/C25H26N2O3S/c1-17-14-18(2)24(19(3)15-17)31(29,30)26-22-11-12-23-21(16-22)10-7-13-27(23)25(28)20-8-5-4-6-9-20/h4-6,8-9,11-12,14-16,26H,7,10,13H2,1-3H3. The van der Waals surface area contributed by atoms with E-state index in [1.807, 2.05) is 75.4 Å². The molecule has 3 aromatic rings. The highest BCUT2D eigenvalue weighted by atomic mass is 32.2. The minimum atomic E-state index is -3.72. The molecule has 31 heavy (non-hydrogen) atoms. The van der Waals surface area contributed by atoms with Crippen molar-refractivity contribution in [2.75, 3.05) is 16.2 Å². The van der Waals surface area contributed by atoms with Gasteiger partial charge in [-0.15, -0.1) is 0 Å². The van der Waals surface area contributed by atoms with E-state index in [1.54, 1.807) is 11.0 Å². The first kappa shape index (κ1) is 21.1. The van der Waals surface area contributed by atoms with Crippen molar-refractivity contribution in [3.63, 3.8) is 0 Å². The second-order valence-electron chi connectivity index (χ2n) is 8.10. The van der Waals surface area contributed by atoms with E-state index in [-0.39, 0.29) is 5.91 Å². The van der Waals surface area contributed by atoms with Gasteiger partial charge in [-0.2, -0.15) is 0 Å². The lowest BCUT2D eigenvalue weighted by atomic mass is 10.00. The van der Waals surface area contributed by atoms with Gasteiger partial charge in [0, 0.05) is 23.5 Å². The van der Waals surface area contributed by atoms with Crippen molar-refractivity contribution >= 4 is 27.3 Å². The molecule has 6 heteroatoms. The van der Waals surface area contributed by atoms with Crippen LogP contribution in [0.5, 0.6) is 0 Å². The molecule has 0 aliphatic carbocycles. The van der Waals surface area contributed by atoms with Crippen molar-refractivity contribution in [1.82, 2.24) is 0 Å². The smallest absolute Gasteiger partial charge is 0.262 e. The van der Waals surface area contributed by atoms with Crippen LogP contribution in [0, 0.1) is 20.8 Å². The van der Waals surface area contributed by atoms with Crippen LogP contribution in [0.25, 0.3) is 0 Å². The van der Waals surface area contributed by atoms with Crippen molar-refractivity contribution in [1.29, 1.82) is 0 Å². The molecule has 1 amide bonds. The Morgan fingerprint density at radius 2 is 1.61 bits per heavy atom. The van der Waals surface area contributed by atoms with Gasteiger partial charge in [-0.3, -0.25) is 9.52 Å². The zero-order valence-corrected chi connectivity index (χ0v) is 18.8. The zero-order chi connectivity index (χ0) is 22.2. The lowest BCUT2D eigenvalue weighted by Crippen LogP contribution is -2.35. The quantitative estimate of drug-likeness (QED) is 0.628. The Labute approximate surface area is 183 Å². The van der Waals surface area contributed by atoms with Crippen LogP contribution >= 0.6 is 0 Å². The second kappa shape index (κ2) is 8.19. The van der Waals surface area contributed by atoms with Gasteiger partial charge in [-0.1, -0.05) is 35.9 Å². The summed E-state index contributed by atoms with van der Waals surface area (Å²) in [7, 11) is -3.72. The third-order valence-corrected chi connectivity index (χ3v) is 7.28. The summed E-state index contributed by atoms with van der Waals surface area (Å²) in [6.07, 6.45) is 1.63. The van der Waals surface area contributed by atoms with Crippen LogP contribution in [0.15, 0.2) is 65.6 Å². The lowest BCUT2D eigenvalue weighted by Gasteiger charge is -2.30. The van der Waals surface area contributed by atoms with Crippen LogP contribution in [-0.2, 0) is 16.4 Å². The molecule has 0 atom stereocenters. The maximum absolute atomic E-state index is 13.1. The molecule has 0 radical (unpaired) electrons. The number of hydrogen-bond acceptors (Lipinski definition) is 3. The van der Waals surface area contributed by atoms with Crippen LogP contribution in [0.4, 0.5) is 11.4 Å². The van der Waals surface area contributed by atoms with Crippen molar-refractivity contribution < 1.29 is 13.2 Å². The molecule has 0 fully saturated rings. The highest BCUT2D eigenvalue weighted by Crippen LogP contribution is 2.32. The molecular formula is C25H26N2O3S. The summed E-state index contributed by atoms with van der Waals surface area (Å²) in [5, 5.41) is 0. The van der Waals surface area contributed by atoms with E-state index in [2.05, 4.69) is 4.72 Å². The fourth-order valence-corrected chi connectivity index (χ4v) is 5.91. The second-order valence-corrected chi connectivity index (χ2v) is 9.72. The highest BCUT2D eigenvalue weighted by molar-refractivity contribution is 7.92. The molecule has 0 saturated heterocycles.